The first-order valence-electron chi connectivity index (χ1n) is 4.00. The zero-order valence-corrected chi connectivity index (χ0v) is 7.54. The summed E-state index contributed by atoms with van der Waals surface area (Å²) < 4.78 is 4.89. The molecule has 0 spiro atoms. The molecule has 1 aromatic rings. The summed E-state index contributed by atoms with van der Waals surface area (Å²) in [6.45, 7) is 5.45. The van der Waals surface area contributed by atoms with E-state index in [2.05, 4.69) is 16.5 Å². The van der Waals surface area contributed by atoms with Crippen LogP contribution in [0.25, 0.3) is 0 Å². The van der Waals surface area contributed by atoms with Crippen molar-refractivity contribution >= 4 is 5.97 Å². The van der Waals surface area contributed by atoms with Crippen LogP contribution in [0.1, 0.15) is 12.6 Å². The number of aromatic nitrogens is 2. The smallest absolute Gasteiger partial charge is 0.333 e. The highest BCUT2D eigenvalue weighted by atomic mass is 16.5. The Labute approximate surface area is 76.6 Å². The van der Waals surface area contributed by atoms with E-state index >= 15 is 0 Å². The number of H-pyrrole nitrogens is 1. The Hall–Kier alpha value is -1.58. The molecule has 1 aromatic heterocycles. The Morgan fingerprint density at radius 2 is 2.54 bits per heavy atom. The van der Waals surface area contributed by atoms with Gasteiger partial charge in [0.25, 0.3) is 0 Å². The lowest BCUT2D eigenvalue weighted by Gasteiger charge is -2.01. The van der Waals surface area contributed by atoms with Gasteiger partial charge in [-0.2, -0.15) is 0 Å². The molecule has 0 bridgehead atoms. The normalized spacial score (nSPS) is 9.62. The lowest BCUT2D eigenvalue weighted by molar-refractivity contribution is -0.138. The average Bonchev–Trinajstić information content (AvgIpc) is 2.56. The Kier molecular flexibility index (Phi) is 3.25. The molecule has 0 aliphatic carbocycles. The number of imidazole rings is 1. The van der Waals surface area contributed by atoms with Gasteiger partial charge >= 0.3 is 5.97 Å². The molecule has 0 amide bonds. The van der Waals surface area contributed by atoms with Gasteiger partial charge in [0.1, 0.15) is 0 Å². The number of nitrogens with zero attached hydrogens (tertiary/aromatic N) is 1. The van der Waals surface area contributed by atoms with Crippen LogP contribution in [0.5, 0.6) is 0 Å². The fourth-order valence-electron chi connectivity index (χ4n) is 0.798. The van der Waals surface area contributed by atoms with E-state index in [4.69, 9.17) is 4.74 Å². The van der Waals surface area contributed by atoms with Crippen LogP contribution in [-0.2, 0) is 16.0 Å². The van der Waals surface area contributed by atoms with Gasteiger partial charge in [-0.25, -0.2) is 9.78 Å². The molecule has 0 aromatic carbocycles. The van der Waals surface area contributed by atoms with E-state index in [1.807, 2.05) is 0 Å². The largest absolute Gasteiger partial charge is 0.462 e. The van der Waals surface area contributed by atoms with E-state index in [-0.39, 0.29) is 5.97 Å². The van der Waals surface area contributed by atoms with Gasteiger partial charge in [0.05, 0.1) is 12.9 Å². The van der Waals surface area contributed by atoms with Crippen molar-refractivity contribution in [2.24, 2.45) is 0 Å². The van der Waals surface area contributed by atoms with Gasteiger partial charge in [-0.15, -0.1) is 0 Å². The fourth-order valence-corrected chi connectivity index (χ4v) is 0.798. The second-order valence-corrected chi connectivity index (χ2v) is 2.74. The highest BCUT2D eigenvalue weighted by Crippen LogP contribution is 1.96. The van der Waals surface area contributed by atoms with Crippen molar-refractivity contribution in [1.29, 1.82) is 0 Å². The summed E-state index contributed by atoms with van der Waals surface area (Å²) in [5.74, 6) is -0.348. The average molecular weight is 180 g/mol. The second-order valence-electron chi connectivity index (χ2n) is 2.74. The first-order valence-corrected chi connectivity index (χ1v) is 4.00. The SMILES string of the molecule is C=C(C)C(=O)OCCc1cnc[nH]1. The van der Waals surface area contributed by atoms with Crippen molar-refractivity contribution in [2.75, 3.05) is 6.61 Å². The van der Waals surface area contributed by atoms with Crippen LogP contribution < -0.4 is 0 Å². The predicted molar refractivity (Wildman–Crippen MR) is 48.1 cm³/mol. The number of nitrogens with one attached hydrogen (secondary N) is 1. The number of hydrogen-bond acceptors (Lipinski definition) is 3. The van der Waals surface area contributed by atoms with E-state index in [1.165, 1.54) is 0 Å². The summed E-state index contributed by atoms with van der Waals surface area (Å²) in [6, 6.07) is 0. The van der Waals surface area contributed by atoms with E-state index in [9.17, 15) is 4.79 Å². The number of ether oxygens (including phenoxy) is 1. The summed E-state index contributed by atoms with van der Waals surface area (Å²) in [7, 11) is 0. The van der Waals surface area contributed by atoms with Gasteiger partial charge < -0.3 is 9.72 Å². The van der Waals surface area contributed by atoms with Crippen LogP contribution in [0, 0.1) is 0 Å². The van der Waals surface area contributed by atoms with E-state index in [0.717, 1.165) is 5.69 Å². The molecule has 0 aliphatic rings. The third-order valence-corrected chi connectivity index (χ3v) is 1.51. The lowest BCUT2D eigenvalue weighted by Crippen LogP contribution is -2.08. The minimum atomic E-state index is -0.348. The zero-order chi connectivity index (χ0) is 9.68. The van der Waals surface area contributed by atoms with Gasteiger partial charge in [-0.1, -0.05) is 6.58 Å². The second kappa shape index (κ2) is 4.45. The van der Waals surface area contributed by atoms with Crippen molar-refractivity contribution in [2.45, 2.75) is 13.3 Å². The van der Waals surface area contributed by atoms with Gasteiger partial charge in [-0.05, 0) is 6.92 Å². The molecule has 1 heterocycles. The van der Waals surface area contributed by atoms with Crippen LogP contribution in [0.15, 0.2) is 24.7 Å². The minimum Gasteiger partial charge on any atom is -0.462 e. The molecule has 0 aliphatic heterocycles. The number of esters is 1. The molecule has 4 heteroatoms. The molecule has 4 nitrogen and oxygen atoms in total. The summed E-state index contributed by atoms with van der Waals surface area (Å²) in [5.41, 5.74) is 1.37. The Balaban J connectivity index is 2.22. The van der Waals surface area contributed by atoms with E-state index in [1.54, 1.807) is 19.4 Å². The molecule has 13 heavy (non-hydrogen) atoms. The molecule has 1 N–H and O–H groups in total. The van der Waals surface area contributed by atoms with Crippen molar-refractivity contribution in [3.63, 3.8) is 0 Å². The van der Waals surface area contributed by atoms with Crippen molar-refractivity contribution in [3.8, 4) is 0 Å². The zero-order valence-electron chi connectivity index (χ0n) is 7.54. The van der Waals surface area contributed by atoms with E-state index in [0.29, 0.717) is 18.6 Å². The van der Waals surface area contributed by atoms with E-state index < -0.39 is 0 Å². The van der Waals surface area contributed by atoms with Crippen LogP contribution in [0.3, 0.4) is 0 Å². The summed E-state index contributed by atoms with van der Waals surface area (Å²) in [6.07, 6.45) is 3.95. The number of aromatic amines is 1. The first-order chi connectivity index (χ1) is 6.20. The summed E-state index contributed by atoms with van der Waals surface area (Å²) >= 11 is 0. The molecule has 0 fully saturated rings. The topological polar surface area (TPSA) is 55.0 Å². The van der Waals surface area contributed by atoms with Crippen LogP contribution in [0.2, 0.25) is 0 Å². The standard InChI is InChI=1S/C9H12N2O2/c1-7(2)9(12)13-4-3-8-5-10-6-11-8/h5-6H,1,3-4H2,2H3,(H,10,11). The van der Waals surface area contributed by atoms with Crippen LogP contribution in [0.4, 0.5) is 0 Å². The number of hydrogen-bond donors (Lipinski definition) is 1. The maximum Gasteiger partial charge on any atom is 0.333 e. The highest BCUT2D eigenvalue weighted by Gasteiger charge is 2.02. The quantitative estimate of drug-likeness (QED) is 0.557. The third-order valence-electron chi connectivity index (χ3n) is 1.51. The van der Waals surface area contributed by atoms with Gasteiger partial charge in [0, 0.05) is 23.9 Å². The highest BCUT2D eigenvalue weighted by molar-refractivity contribution is 5.86. The van der Waals surface area contributed by atoms with Crippen molar-refractivity contribution in [3.05, 3.63) is 30.4 Å². The first kappa shape index (κ1) is 9.51. The molecule has 0 unspecified atom stereocenters. The molecule has 0 saturated carbocycles. The van der Waals surface area contributed by atoms with Crippen LogP contribution in [-0.4, -0.2) is 22.5 Å². The molecule has 0 atom stereocenters. The molecule has 70 valence electrons. The Morgan fingerprint density at radius 1 is 1.77 bits per heavy atom. The molecular formula is C9H12N2O2. The predicted octanol–water partition coefficient (Wildman–Crippen LogP) is 1.07. The van der Waals surface area contributed by atoms with Gasteiger partial charge in [0.15, 0.2) is 0 Å². The summed E-state index contributed by atoms with van der Waals surface area (Å²) in [5, 5.41) is 0. The summed E-state index contributed by atoms with van der Waals surface area (Å²) in [4.78, 5) is 17.7. The van der Waals surface area contributed by atoms with Crippen LogP contribution >= 0.6 is 0 Å². The van der Waals surface area contributed by atoms with Crippen molar-refractivity contribution < 1.29 is 9.53 Å². The fraction of sp³-hybridized carbons (Fsp3) is 0.333. The third kappa shape index (κ3) is 3.11. The maximum absolute atomic E-state index is 10.9. The van der Waals surface area contributed by atoms with Gasteiger partial charge in [0.2, 0.25) is 0 Å². The molecule has 0 saturated heterocycles. The number of rotatable bonds is 4. The maximum atomic E-state index is 10.9. The van der Waals surface area contributed by atoms with Crippen molar-refractivity contribution in [1.82, 2.24) is 9.97 Å². The molecular weight excluding hydrogens is 168 g/mol. The minimum absolute atomic E-state index is 0.348. The van der Waals surface area contributed by atoms with Gasteiger partial charge in [-0.3, -0.25) is 0 Å². The Morgan fingerprint density at radius 3 is 3.08 bits per heavy atom. The number of carbonyl (C=O) groups excluding carboxylic acids is 1. The lowest BCUT2D eigenvalue weighted by atomic mass is 10.3. The monoisotopic (exact) mass is 180 g/mol. The molecule has 1 rings (SSSR count). The Bertz CT molecular complexity index is 291. The number of carbonyl (C=O) groups is 1. The molecule has 0 radical (unpaired) electrons.